The lowest BCUT2D eigenvalue weighted by molar-refractivity contribution is 0.0879. The van der Waals surface area contributed by atoms with Crippen molar-refractivity contribution in [2.24, 2.45) is 0 Å². The van der Waals surface area contributed by atoms with E-state index in [9.17, 15) is 9.59 Å². The summed E-state index contributed by atoms with van der Waals surface area (Å²) in [4.78, 5) is 23.1. The van der Waals surface area contributed by atoms with Crippen LogP contribution in [0.4, 0.5) is 17.1 Å². The average molecular weight is 267 g/mol. The van der Waals surface area contributed by atoms with Crippen molar-refractivity contribution in [2.75, 3.05) is 11.1 Å². The van der Waals surface area contributed by atoms with Gasteiger partial charge in [0.2, 0.25) is 0 Å². The fraction of sp³-hybridized carbons (Fsp3) is 0.0667. The number of aryl methyl sites for hydroxylation is 1. The van der Waals surface area contributed by atoms with E-state index in [4.69, 9.17) is 5.73 Å². The zero-order chi connectivity index (χ0) is 14.3. The summed E-state index contributed by atoms with van der Waals surface area (Å²) in [7, 11) is 0. The van der Waals surface area contributed by atoms with Crippen LogP contribution in [0.2, 0.25) is 0 Å². The monoisotopic (exact) mass is 267 g/mol. The Balaban J connectivity index is 1.97. The maximum Gasteiger partial charge on any atom is 0.259 e. The van der Waals surface area contributed by atoms with Crippen LogP contribution in [0.1, 0.15) is 26.3 Å². The van der Waals surface area contributed by atoms with Gasteiger partial charge in [-0.1, -0.05) is 6.07 Å². The average Bonchev–Trinajstić information content (AvgIpc) is 2.69. The molecule has 0 fully saturated rings. The van der Waals surface area contributed by atoms with E-state index in [1.165, 1.54) is 0 Å². The summed E-state index contributed by atoms with van der Waals surface area (Å²) in [6, 6.07) is 10.6. The fourth-order valence-electron chi connectivity index (χ4n) is 2.18. The Labute approximate surface area is 115 Å². The van der Waals surface area contributed by atoms with Gasteiger partial charge < -0.3 is 11.1 Å². The van der Waals surface area contributed by atoms with Gasteiger partial charge in [0, 0.05) is 17.1 Å². The van der Waals surface area contributed by atoms with Gasteiger partial charge in [0.05, 0.1) is 11.1 Å². The van der Waals surface area contributed by atoms with E-state index in [1.54, 1.807) is 18.2 Å². The molecule has 0 spiro atoms. The van der Waals surface area contributed by atoms with E-state index in [2.05, 4.69) is 10.6 Å². The van der Waals surface area contributed by atoms with Crippen molar-refractivity contribution in [1.82, 2.24) is 5.32 Å². The predicted molar refractivity (Wildman–Crippen MR) is 77.1 cm³/mol. The van der Waals surface area contributed by atoms with Crippen LogP contribution in [-0.2, 0) is 0 Å². The summed E-state index contributed by atoms with van der Waals surface area (Å²) in [6.45, 7) is 1.96. The Morgan fingerprint density at radius 1 is 1.00 bits per heavy atom. The third-order valence-corrected chi connectivity index (χ3v) is 3.28. The van der Waals surface area contributed by atoms with Gasteiger partial charge in [0.25, 0.3) is 11.8 Å². The molecule has 1 heterocycles. The summed E-state index contributed by atoms with van der Waals surface area (Å²) in [6.07, 6.45) is 0. The summed E-state index contributed by atoms with van der Waals surface area (Å²) in [5.41, 5.74) is 9.87. The number of fused-ring (bicyclic) bond motifs is 1. The summed E-state index contributed by atoms with van der Waals surface area (Å²) >= 11 is 0. The lowest BCUT2D eigenvalue weighted by Gasteiger charge is -2.11. The van der Waals surface area contributed by atoms with E-state index < -0.39 is 0 Å². The molecule has 3 rings (SSSR count). The molecule has 2 aromatic rings. The highest BCUT2D eigenvalue weighted by Gasteiger charge is 2.26. The molecule has 100 valence electrons. The summed E-state index contributed by atoms with van der Waals surface area (Å²) in [5.74, 6) is -0.713. The lowest BCUT2D eigenvalue weighted by Crippen LogP contribution is -2.19. The molecule has 1 aliphatic rings. The molecule has 0 bridgehead atoms. The van der Waals surface area contributed by atoms with E-state index in [0.29, 0.717) is 16.8 Å². The number of rotatable bonds is 2. The van der Waals surface area contributed by atoms with E-state index in [1.807, 2.05) is 25.1 Å². The van der Waals surface area contributed by atoms with E-state index >= 15 is 0 Å². The topological polar surface area (TPSA) is 84.2 Å². The second-order valence-corrected chi connectivity index (χ2v) is 4.74. The first-order valence-corrected chi connectivity index (χ1v) is 6.17. The SMILES string of the molecule is Cc1ccc(N)cc1Nc1ccc2c(c1)C(=O)NC2=O. The zero-order valence-electron chi connectivity index (χ0n) is 10.9. The minimum absolute atomic E-state index is 0.350. The van der Waals surface area contributed by atoms with Gasteiger partial charge in [-0.25, -0.2) is 0 Å². The van der Waals surface area contributed by atoms with Gasteiger partial charge in [-0.3, -0.25) is 14.9 Å². The molecule has 20 heavy (non-hydrogen) atoms. The quantitative estimate of drug-likeness (QED) is 0.575. The molecule has 0 saturated heterocycles. The fourth-order valence-corrected chi connectivity index (χ4v) is 2.18. The van der Waals surface area contributed by atoms with Gasteiger partial charge in [-0.05, 0) is 42.8 Å². The second kappa shape index (κ2) is 4.38. The molecule has 0 radical (unpaired) electrons. The molecule has 0 atom stereocenters. The molecule has 0 saturated carbocycles. The first-order chi connectivity index (χ1) is 9.54. The van der Waals surface area contributed by atoms with Crippen molar-refractivity contribution in [3.63, 3.8) is 0 Å². The zero-order valence-corrected chi connectivity index (χ0v) is 10.9. The van der Waals surface area contributed by atoms with Crippen LogP contribution < -0.4 is 16.4 Å². The summed E-state index contributed by atoms with van der Waals surface area (Å²) < 4.78 is 0. The first kappa shape index (κ1) is 12.2. The maximum atomic E-state index is 11.6. The highest BCUT2D eigenvalue weighted by atomic mass is 16.2. The molecule has 1 aliphatic heterocycles. The normalized spacial score (nSPS) is 13.1. The standard InChI is InChI=1S/C15H13N3O2/c1-8-2-3-9(16)6-13(8)17-10-4-5-11-12(7-10)15(20)18-14(11)19/h2-7,17H,16H2,1H3,(H,18,19,20). The highest BCUT2D eigenvalue weighted by molar-refractivity contribution is 6.21. The number of nitrogen functional groups attached to an aromatic ring is 1. The highest BCUT2D eigenvalue weighted by Crippen LogP contribution is 2.26. The van der Waals surface area contributed by atoms with Crippen molar-refractivity contribution in [2.45, 2.75) is 6.92 Å². The van der Waals surface area contributed by atoms with Crippen LogP contribution in [-0.4, -0.2) is 11.8 Å². The smallest absolute Gasteiger partial charge is 0.259 e. The molecule has 2 aromatic carbocycles. The number of anilines is 3. The third kappa shape index (κ3) is 1.99. The van der Waals surface area contributed by atoms with Gasteiger partial charge in [-0.15, -0.1) is 0 Å². The van der Waals surface area contributed by atoms with E-state index in [-0.39, 0.29) is 11.8 Å². The molecular formula is C15H13N3O2. The number of hydrogen-bond acceptors (Lipinski definition) is 4. The van der Waals surface area contributed by atoms with Crippen LogP contribution in [0.25, 0.3) is 0 Å². The summed E-state index contributed by atoms with van der Waals surface area (Å²) in [5, 5.41) is 5.47. The molecule has 0 aromatic heterocycles. The minimum Gasteiger partial charge on any atom is -0.399 e. The Kier molecular flexibility index (Phi) is 2.68. The number of amides is 2. The van der Waals surface area contributed by atoms with Gasteiger partial charge in [-0.2, -0.15) is 0 Å². The van der Waals surface area contributed by atoms with Crippen molar-refractivity contribution >= 4 is 28.9 Å². The van der Waals surface area contributed by atoms with Gasteiger partial charge in [0.15, 0.2) is 0 Å². The number of carbonyl (C=O) groups is 2. The maximum absolute atomic E-state index is 11.6. The first-order valence-electron chi connectivity index (χ1n) is 6.17. The van der Waals surface area contributed by atoms with Crippen LogP contribution in [0.3, 0.4) is 0 Å². The predicted octanol–water partition coefficient (Wildman–Crippen LogP) is 2.20. The molecule has 0 aliphatic carbocycles. The number of nitrogens with two attached hydrogens (primary N) is 1. The van der Waals surface area contributed by atoms with Crippen molar-refractivity contribution in [3.8, 4) is 0 Å². The molecule has 5 heteroatoms. The Morgan fingerprint density at radius 2 is 1.75 bits per heavy atom. The van der Waals surface area contributed by atoms with Crippen molar-refractivity contribution in [1.29, 1.82) is 0 Å². The Morgan fingerprint density at radius 3 is 2.55 bits per heavy atom. The number of hydrogen-bond donors (Lipinski definition) is 3. The Hall–Kier alpha value is -2.82. The minimum atomic E-state index is -0.363. The molecule has 5 nitrogen and oxygen atoms in total. The van der Waals surface area contributed by atoms with Crippen LogP contribution in [0, 0.1) is 6.92 Å². The molecule has 2 amide bonds. The van der Waals surface area contributed by atoms with Crippen LogP contribution >= 0.6 is 0 Å². The van der Waals surface area contributed by atoms with E-state index in [0.717, 1.165) is 16.9 Å². The number of nitrogens with one attached hydrogen (secondary N) is 2. The number of carbonyl (C=O) groups excluding carboxylic acids is 2. The number of imide groups is 1. The number of benzene rings is 2. The van der Waals surface area contributed by atoms with Gasteiger partial charge >= 0.3 is 0 Å². The Bertz CT molecular complexity index is 738. The lowest BCUT2D eigenvalue weighted by atomic mass is 10.1. The second-order valence-electron chi connectivity index (χ2n) is 4.74. The third-order valence-electron chi connectivity index (χ3n) is 3.28. The van der Waals surface area contributed by atoms with Gasteiger partial charge in [0.1, 0.15) is 0 Å². The van der Waals surface area contributed by atoms with Crippen molar-refractivity contribution < 1.29 is 9.59 Å². The van der Waals surface area contributed by atoms with Crippen molar-refractivity contribution in [3.05, 3.63) is 53.1 Å². The molecular weight excluding hydrogens is 254 g/mol. The molecule has 4 N–H and O–H groups in total. The van der Waals surface area contributed by atoms with Crippen LogP contribution in [0.5, 0.6) is 0 Å². The molecule has 0 unspecified atom stereocenters. The largest absolute Gasteiger partial charge is 0.399 e. The van der Waals surface area contributed by atoms with Crippen LogP contribution in [0.15, 0.2) is 36.4 Å².